The summed E-state index contributed by atoms with van der Waals surface area (Å²) in [5, 5.41) is 20.5. The standard InChI is InChI=1S/C21H43NO4/c1-3-4-5-6-7-8-9-10-11-12-13-14-15-19(2)16-22-21(25)26-18-20(24)17-23/h19-20,23-24H,3-18H2,1-2H3,(H,22,25). The Balaban J connectivity index is 3.31. The maximum atomic E-state index is 11.4. The molecule has 1 amide bonds. The van der Waals surface area contributed by atoms with Crippen molar-refractivity contribution in [1.29, 1.82) is 0 Å². The van der Waals surface area contributed by atoms with E-state index in [4.69, 9.17) is 14.9 Å². The van der Waals surface area contributed by atoms with Crippen molar-refractivity contribution in [1.82, 2.24) is 5.32 Å². The molecule has 0 heterocycles. The fraction of sp³-hybridized carbons (Fsp3) is 0.952. The van der Waals surface area contributed by atoms with Crippen LogP contribution in [0.25, 0.3) is 0 Å². The highest BCUT2D eigenvalue weighted by atomic mass is 16.6. The zero-order chi connectivity index (χ0) is 19.5. The molecule has 0 saturated carbocycles. The summed E-state index contributed by atoms with van der Waals surface area (Å²) in [5.41, 5.74) is 0. The molecule has 0 rings (SSSR count). The number of hydrogen-bond acceptors (Lipinski definition) is 4. The van der Waals surface area contributed by atoms with Gasteiger partial charge in [0, 0.05) is 6.54 Å². The first-order chi connectivity index (χ1) is 12.6. The van der Waals surface area contributed by atoms with Crippen molar-refractivity contribution in [2.45, 2.75) is 103 Å². The molecule has 26 heavy (non-hydrogen) atoms. The quantitative estimate of drug-likeness (QED) is 0.302. The molecular weight excluding hydrogens is 330 g/mol. The van der Waals surface area contributed by atoms with Crippen LogP contribution in [0.2, 0.25) is 0 Å². The molecule has 0 saturated heterocycles. The molecule has 0 aliphatic rings. The van der Waals surface area contributed by atoms with E-state index in [2.05, 4.69) is 19.2 Å². The molecule has 2 atom stereocenters. The van der Waals surface area contributed by atoms with Crippen LogP contribution in [0.5, 0.6) is 0 Å². The van der Waals surface area contributed by atoms with E-state index in [1.807, 2.05) is 0 Å². The van der Waals surface area contributed by atoms with Crippen molar-refractivity contribution in [2.24, 2.45) is 5.92 Å². The Morgan fingerprint density at radius 1 is 0.923 bits per heavy atom. The fourth-order valence-electron chi connectivity index (χ4n) is 2.97. The van der Waals surface area contributed by atoms with E-state index >= 15 is 0 Å². The Kier molecular flexibility index (Phi) is 18.4. The lowest BCUT2D eigenvalue weighted by Gasteiger charge is -2.13. The minimum absolute atomic E-state index is 0.171. The zero-order valence-electron chi connectivity index (χ0n) is 17.2. The number of ether oxygens (including phenoxy) is 1. The number of amides is 1. The summed E-state index contributed by atoms with van der Waals surface area (Å²) in [4.78, 5) is 11.4. The van der Waals surface area contributed by atoms with Crippen LogP contribution in [0.4, 0.5) is 4.79 Å². The second kappa shape index (κ2) is 19.0. The molecule has 0 radical (unpaired) electrons. The number of aliphatic hydroxyl groups excluding tert-OH is 2. The summed E-state index contributed by atoms with van der Waals surface area (Å²) in [5.74, 6) is 0.424. The Hall–Kier alpha value is -0.810. The molecule has 0 aliphatic heterocycles. The van der Waals surface area contributed by atoms with Crippen LogP contribution in [0.3, 0.4) is 0 Å². The van der Waals surface area contributed by atoms with Crippen LogP contribution >= 0.6 is 0 Å². The molecule has 2 unspecified atom stereocenters. The van der Waals surface area contributed by atoms with Gasteiger partial charge in [-0.1, -0.05) is 90.9 Å². The predicted octanol–water partition coefficient (Wildman–Crippen LogP) is 4.79. The molecule has 0 aliphatic carbocycles. The molecular formula is C21H43NO4. The number of alkyl carbamates (subject to hydrolysis) is 1. The van der Waals surface area contributed by atoms with Crippen molar-refractivity contribution in [2.75, 3.05) is 19.8 Å². The van der Waals surface area contributed by atoms with Crippen LogP contribution in [0.1, 0.15) is 97.3 Å². The molecule has 0 bridgehead atoms. The Morgan fingerprint density at radius 2 is 1.42 bits per heavy atom. The average Bonchev–Trinajstić information content (AvgIpc) is 2.65. The van der Waals surface area contributed by atoms with Crippen LogP contribution in [0, 0.1) is 5.92 Å². The summed E-state index contributed by atoms with van der Waals surface area (Å²) in [6, 6.07) is 0. The first-order valence-electron chi connectivity index (χ1n) is 10.8. The molecule has 3 N–H and O–H groups in total. The Morgan fingerprint density at radius 3 is 1.92 bits per heavy atom. The highest BCUT2D eigenvalue weighted by molar-refractivity contribution is 5.67. The highest BCUT2D eigenvalue weighted by Crippen LogP contribution is 2.14. The number of carbonyl (C=O) groups excluding carboxylic acids is 1. The van der Waals surface area contributed by atoms with Crippen LogP contribution in [-0.4, -0.2) is 42.2 Å². The summed E-state index contributed by atoms with van der Waals surface area (Å²) in [6.07, 6.45) is 15.8. The van der Waals surface area contributed by atoms with E-state index in [0.717, 1.165) is 6.42 Å². The van der Waals surface area contributed by atoms with Gasteiger partial charge in [0.2, 0.25) is 0 Å². The number of unbranched alkanes of at least 4 members (excludes halogenated alkanes) is 11. The topological polar surface area (TPSA) is 78.8 Å². The lowest BCUT2D eigenvalue weighted by Crippen LogP contribution is -2.32. The third-order valence-corrected chi connectivity index (χ3v) is 4.76. The van der Waals surface area contributed by atoms with Crippen molar-refractivity contribution >= 4 is 6.09 Å². The molecule has 0 fully saturated rings. The normalized spacial score (nSPS) is 13.4. The van der Waals surface area contributed by atoms with Gasteiger partial charge in [0.25, 0.3) is 0 Å². The summed E-state index contributed by atoms with van der Waals surface area (Å²) >= 11 is 0. The molecule has 5 heteroatoms. The van der Waals surface area contributed by atoms with Crippen LogP contribution < -0.4 is 5.32 Å². The molecule has 5 nitrogen and oxygen atoms in total. The monoisotopic (exact) mass is 373 g/mol. The number of aliphatic hydroxyl groups is 2. The van der Waals surface area contributed by atoms with E-state index in [-0.39, 0.29) is 6.61 Å². The van der Waals surface area contributed by atoms with Gasteiger partial charge < -0.3 is 20.3 Å². The first kappa shape index (κ1) is 25.2. The van der Waals surface area contributed by atoms with E-state index < -0.39 is 18.8 Å². The van der Waals surface area contributed by atoms with Crippen molar-refractivity contribution in [3.05, 3.63) is 0 Å². The van der Waals surface area contributed by atoms with Gasteiger partial charge in [0.15, 0.2) is 0 Å². The van der Waals surface area contributed by atoms with Gasteiger partial charge in [-0.05, 0) is 12.3 Å². The molecule has 0 aromatic carbocycles. The van der Waals surface area contributed by atoms with Crippen molar-refractivity contribution < 1.29 is 19.7 Å². The maximum Gasteiger partial charge on any atom is 0.407 e. The van der Waals surface area contributed by atoms with Gasteiger partial charge in [-0.25, -0.2) is 4.79 Å². The first-order valence-corrected chi connectivity index (χ1v) is 10.8. The van der Waals surface area contributed by atoms with Crippen molar-refractivity contribution in [3.8, 4) is 0 Å². The van der Waals surface area contributed by atoms with E-state index in [0.29, 0.717) is 12.5 Å². The van der Waals surface area contributed by atoms with E-state index in [9.17, 15) is 4.79 Å². The van der Waals surface area contributed by atoms with Gasteiger partial charge in [0.05, 0.1) is 6.61 Å². The second-order valence-corrected chi connectivity index (χ2v) is 7.60. The summed E-state index contributed by atoms with van der Waals surface area (Å²) in [6.45, 7) is 4.41. The average molecular weight is 374 g/mol. The van der Waals surface area contributed by atoms with E-state index in [1.54, 1.807) is 0 Å². The minimum atomic E-state index is -1.00. The minimum Gasteiger partial charge on any atom is -0.447 e. The smallest absolute Gasteiger partial charge is 0.407 e. The fourth-order valence-corrected chi connectivity index (χ4v) is 2.97. The van der Waals surface area contributed by atoms with Gasteiger partial charge in [-0.2, -0.15) is 0 Å². The number of rotatable bonds is 18. The number of nitrogens with one attached hydrogen (secondary N) is 1. The summed E-state index contributed by atoms with van der Waals surface area (Å²) < 4.78 is 4.80. The van der Waals surface area contributed by atoms with Gasteiger partial charge in [-0.15, -0.1) is 0 Å². The number of carbonyl (C=O) groups is 1. The number of hydrogen-bond donors (Lipinski definition) is 3. The summed E-state index contributed by atoms with van der Waals surface area (Å²) in [7, 11) is 0. The third-order valence-electron chi connectivity index (χ3n) is 4.76. The second-order valence-electron chi connectivity index (χ2n) is 7.60. The van der Waals surface area contributed by atoms with Crippen LogP contribution in [-0.2, 0) is 4.74 Å². The predicted molar refractivity (Wildman–Crippen MR) is 107 cm³/mol. The van der Waals surface area contributed by atoms with E-state index in [1.165, 1.54) is 77.0 Å². The largest absolute Gasteiger partial charge is 0.447 e. The molecule has 0 aromatic rings. The van der Waals surface area contributed by atoms with Crippen molar-refractivity contribution in [3.63, 3.8) is 0 Å². The SMILES string of the molecule is CCCCCCCCCCCCCCC(C)CNC(=O)OCC(O)CO. The third kappa shape index (κ3) is 18.0. The van der Waals surface area contributed by atoms with Gasteiger partial charge in [0.1, 0.15) is 12.7 Å². The maximum absolute atomic E-state index is 11.4. The van der Waals surface area contributed by atoms with Crippen LogP contribution in [0.15, 0.2) is 0 Å². The zero-order valence-corrected chi connectivity index (χ0v) is 17.2. The lowest BCUT2D eigenvalue weighted by atomic mass is 10.0. The van der Waals surface area contributed by atoms with Gasteiger partial charge in [-0.3, -0.25) is 0 Å². The highest BCUT2D eigenvalue weighted by Gasteiger charge is 2.09. The molecule has 156 valence electrons. The molecule has 0 aromatic heterocycles. The van der Waals surface area contributed by atoms with Gasteiger partial charge >= 0.3 is 6.09 Å². The lowest BCUT2D eigenvalue weighted by molar-refractivity contribution is 0.0319. The molecule has 0 spiro atoms. The Bertz CT molecular complexity index is 312. The Labute approximate surface area is 160 Å².